The second kappa shape index (κ2) is 7.12. The van der Waals surface area contributed by atoms with E-state index in [1.165, 1.54) is 9.87 Å². The van der Waals surface area contributed by atoms with Gasteiger partial charge < -0.3 is 4.90 Å². The van der Waals surface area contributed by atoms with E-state index >= 15 is 0 Å². The van der Waals surface area contributed by atoms with Crippen molar-refractivity contribution in [2.45, 2.75) is 25.0 Å². The van der Waals surface area contributed by atoms with Crippen molar-refractivity contribution in [3.05, 3.63) is 52.7 Å². The fraction of sp³-hybridized carbons (Fsp3) is 0.444. The zero-order valence-electron chi connectivity index (χ0n) is 14.7. The van der Waals surface area contributed by atoms with E-state index in [9.17, 15) is 17.2 Å². The van der Waals surface area contributed by atoms with Gasteiger partial charge in [-0.15, -0.1) is 5.10 Å². The van der Waals surface area contributed by atoms with Crippen molar-refractivity contribution in [2.24, 2.45) is 0 Å². The average Bonchev–Trinajstić information content (AvgIpc) is 3.12. The van der Waals surface area contributed by atoms with Crippen LogP contribution in [0, 0.1) is 11.6 Å². The van der Waals surface area contributed by atoms with Gasteiger partial charge in [0.1, 0.15) is 11.6 Å². The maximum absolute atomic E-state index is 13.8. The van der Waals surface area contributed by atoms with E-state index in [-0.39, 0.29) is 18.7 Å². The molecule has 1 aromatic carbocycles. The van der Waals surface area contributed by atoms with Crippen LogP contribution in [0.2, 0.25) is 0 Å². The van der Waals surface area contributed by atoms with E-state index in [0.29, 0.717) is 13.1 Å². The number of benzene rings is 1. The number of hydrogen-bond acceptors (Lipinski definition) is 5. The molecule has 1 saturated heterocycles. The van der Waals surface area contributed by atoms with Gasteiger partial charge in [-0.25, -0.2) is 17.2 Å². The number of anilines is 1. The van der Waals surface area contributed by atoms with Crippen molar-refractivity contribution >= 4 is 15.8 Å². The van der Waals surface area contributed by atoms with Gasteiger partial charge in [0.05, 0.1) is 11.4 Å². The van der Waals surface area contributed by atoms with Crippen LogP contribution >= 0.6 is 0 Å². The Morgan fingerprint density at radius 1 is 1.00 bits per heavy atom. The van der Waals surface area contributed by atoms with Crippen LogP contribution in [0.3, 0.4) is 0 Å². The lowest BCUT2D eigenvalue weighted by Gasteiger charge is -2.34. The number of hydrogen-bond donors (Lipinski definition) is 0. The fourth-order valence-electron chi connectivity index (χ4n) is 3.61. The number of rotatable bonds is 4. The molecular formula is C18H20F2N4O2S. The summed E-state index contributed by atoms with van der Waals surface area (Å²) in [7, 11) is -3.73. The summed E-state index contributed by atoms with van der Waals surface area (Å²) in [4.78, 5) is 2.01. The quantitative estimate of drug-likeness (QED) is 0.792. The molecule has 4 rings (SSSR count). The number of nitrogens with zero attached hydrogens (tertiary/aromatic N) is 4. The van der Waals surface area contributed by atoms with Crippen molar-refractivity contribution in [3.8, 4) is 0 Å². The first-order chi connectivity index (χ1) is 12.9. The third kappa shape index (κ3) is 3.79. The van der Waals surface area contributed by atoms with E-state index in [1.54, 1.807) is 0 Å². The van der Waals surface area contributed by atoms with Crippen molar-refractivity contribution in [1.82, 2.24) is 14.5 Å². The maximum Gasteiger partial charge on any atom is 0.218 e. The second-order valence-corrected chi connectivity index (χ2v) is 8.87. The maximum atomic E-state index is 13.8. The van der Waals surface area contributed by atoms with Gasteiger partial charge in [0.15, 0.2) is 5.82 Å². The molecule has 1 aliphatic heterocycles. The van der Waals surface area contributed by atoms with Crippen LogP contribution in [0.15, 0.2) is 24.3 Å². The van der Waals surface area contributed by atoms with E-state index < -0.39 is 27.4 Å². The summed E-state index contributed by atoms with van der Waals surface area (Å²) in [6.45, 7) is 1.52. The Morgan fingerprint density at radius 2 is 1.78 bits per heavy atom. The number of piperazine rings is 1. The molecule has 0 N–H and O–H groups in total. The largest absolute Gasteiger partial charge is 0.352 e. The highest BCUT2D eigenvalue weighted by molar-refractivity contribution is 7.88. The molecule has 0 amide bonds. The molecule has 1 fully saturated rings. The first-order valence-corrected chi connectivity index (χ1v) is 10.6. The van der Waals surface area contributed by atoms with Crippen LogP contribution < -0.4 is 4.90 Å². The van der Waals surface area contributed by atoms with Crippen LogP contribution in [0.5, 0.6) is 0 Å². The Balaban J connectivity index is 1.43. The Morgan fingerprint density at radius 3 is 2.56 bits per heavy atom. The molecule has 0 spiro atoms. The Kier molecular flexibility index (Phi) is 4.81. The molecule has 1 aromatic heterocycles. The minimum Gasteiger partial charge on any atom is -0.352 e. The number of sulfonamides is 1. The Labute approximate surface area is 156 Å². The zero-order chi connectivity index (χ0) is 19.0. The fourth-order valence-corrected chi connectivity index (χ4v) is 5.13. The van der Waals surface area contributed by atoms with E-state index in [1.807, 2.05) is 11.0 Å². The Bertz CT molecular complexity index is 960. The van der Waals surface area contributed by atoms with E-state index in [2.05, 4.69) is 10.2 Å². The molecule has 9 heteroatoms. The molecule has 144 valence electrons. The molecule has 1 aliphatic carbocycles. The molecule has 0 unspecified atom stereocenters. The molecule has 6 nitrogen and oxygen atoms in total. The van der Waals surface area contributed by atoms with Gasteiger partial charge in [-0.2, -0.15) is 9.40 Å². The predicted octanol–water partition coefficient (Wildman–Crippen LogP) is 1.90. The summed E-state index contributed by atoms with van der Waals surface area (Å²) >= 11 is 0. The van der Waals surface area contributed by atoms with Gasteiger partial charge in [-0.3, -0.25) is 0 Å². The highest BCUT2D eigenvalue weighted by Crippen LogP contribution is 2.24. The lowest BCUT2D eigenvalue weighted by atomic mass is 10.2. The summed E-state index contributed by atoms with van der Waals surface area (Å²) in [6, 6.07) is 4.90. The molecule has 2 heterocycles. The SMILES string of the molecule is O=S(=O)(Cc1cc(F)ccc1F)N1CCN(c2cc3c(nn2)CCC3)CC1. The van der Waals surface area contributed by atoms with Gasteiger partial charge in [-0.1, -0.05) is 0 Å². The number of halogens is 2. The highest BCUT2D eigenvalue weighted by Gasteiger charge is 2.29. The molecule has 0 radical (unpaired) electrons. The van der Waals surface area contributed by atoms with Crippen molar-refractivity contribution in [2.75, 3.05) is 31.1 Å². The summed E-state index contributed by atoms with van der Waals surface area (Å²) in [6.07, 6.45) is 3.06. The summed E-state index contributed by atoms with van der Waals surface area (Å²) in [5.74, 6) is -1.15. The van der Waals surface area contributed by atoms with E-state index in [4.69, 9.17) is 0 Å². The van der Waals surface area contributed by atoms with E-state index in [0.717, 1.165) is 49.0 Å². The lowest BCUT2D eigenvalue weighted by molar-refractivity contribution is 0.382. The van der Waals surface area contributed by atoms with Gasteiger partial charge in [0, 0.05) is 31.7 Å². The van der Waals surface area contributed by atoms with Gasteiger partial charge in [0.2, 0.25) is 10.0 Å². The number of aromatic nitrogens is 2. The minimum atomic E-state index is -3.73. The van der Waals surface area contributed by atoms with Crippen LogP contribution in [0.4, 0.5) is 14.6 Å². The van der Waals surface area contributed by atoms with Gasteiger partial charge >= 0.3 is 0 Å². The van der Waals surface area contributed by atoms with Gasteiger partial charge in [0.25, 0.3) is 0 Å². The molecule has 0 atom stereocenters. The first-order valence-electron chi connectivity index (χ1n) is 8.94. The highest BCUT2D eigenvalue weighted by atomic mass is 32.2. The zero-order valence-corrected chi connectivity index (χ0v) is 15.6. The van der Waals surface area contributed by atoms with Crippen molar-refractivity contribution in [3.63, 3.8) is 0 Å². The monoisotopic (exact) mass is 394 g/mol. The molecular weight excluding hydrogens is 374 g/mol. The van der Waals surface area contributed by atoms with Crippen molar-refractivity contribution in [1.29, 1.82) is 0 Å². The molecule has 27 heavy (non-hydrogen) atoms. The third-order valence-electron chi connectivity index (χ3n) is 5.11. The number of fused-ring (bicyclic) bond motifs is 1. The summed E-state index contributed by atoms with van der Waals surface area (Å²) < 4.78 is 53.6. The first kappa shape index (κ1) is 18.2. The molecule has 0 saturated carbocycles. The van der Waals surface area contributed by atoms with Crippen LogP contribution in [-0.2, 0) is 28.6 Å². The molecule has 2 aromatic rings. The predicted molar refractivity (Wildman–Crippen MR) is 96.8 cm³/mol. The second-order valence-electron chi connectivity index (χ2n) is 6.91. The normalized spacial score (nSPS) is 17.9. The minimum absolute atomic E-state index is 0.151. The number of aryl methyl sites for hydroxylation is 2. The van der Waals surface area contributed by atoms with Crippen LogP contribution in [-0.4, -0.2) is 49.1 Å². The summed E-state index contributed by atoms with van der Waals surface area (Å²) in [5, 5.41) is 8.54. The van der Waals surface area contributed by atoms with Crippen LogP contribution in [0.1, 0.15) is 23.2 Å². The van der Waals surface area contributed by atoms with Gasteiger partial charge in [-0.05, 0) is 49.1 Å². The summed E-state index contributed by atoms with van der Waals surface area (Å²) in [5.41, 5.74) is 2.12. The van der Waals surface area contributed by atoms with Crippen molar-refractivity contribution < 1.29 is 17.2 Å². The van der Waals surface area contributed by atoms with Crippen LogP contribution in [0.25, 0.3) is 0 Å². The third-order valence-corrected chi connectivity index (χ3v) is 6.94. The lowest BCUT2D eigenvalue weighted by Crippen LogP contribution is -2.49. The topological polar surface area (TPSA) is 66.4 Å². The average molecular weight is 394 g/mol. The molecule has 2 aliphatic rings. The molecule has 0 bridgehead atoms. The smallest absolute Gasteiger partial charge is 0.218 e. The Hall–Kier alpha value is -2.13. The standard InChI is InChI=1S/C18H20F2N4O2S/c19-15-4-5-16(20)14(10-15)12-27(25,26)24-8-6-23(7-9-24)18-11-13-2-1-3-17(13)21-22-18/h4-5,10-11H,1-3,6-9,12H2.